The second kappa shape index (κ2) is 12.8. The van der Waals surface area contributed by atoms with Crippen molar-refractivity contribution in [3.63, 3.8) is 0 Å². The fourth-order valence-corrected chi connectivity index (χ4v) is 10.2. The normalized spacial score (nSPS) is 14.4. The maximum Gasteiger partial charge on any atom is 0.137 e. The highest BCUT2D eigenvalue weighted by Crippen LogP contribution is 2.51. The summed E-state index contributed by atoms with van der Waals surface area (Å²) in [5, 5.41) is 4.71. The van der Waals surface area contributed by atoms with Gasteiger partial charge < -0.3 is 13.9 Å². The number of fused-ring (bicyclic) bond motifs is 7. The fraction of sp³-hybridized carbons (Fsp3) is 0.127. The first kappa shape index (κ1) is 34.4. The Morgan fingerprint density at radius 2 is 1.07 bits per heavy atom. The lowest BCUT2D eigenvalue weighted by atomic mass is 9.82. The molecule has 8 aromatic carbocycles. The third kappa shape index (κ3) is 5.41. The van der Waals surface area contributed by atoms with Gasteiger partial charge in [0.2, 0.25) is 0 Å². The van der Waals surface area contributed by atoms with E-state index in [2.05, 4.69) is 213 Å². The van der Waals surface area contributed by atoms with Gasteiger partial charge in [0, 0.05) is 50.2 Å². The highest BCUT2D eigenvalue weighted by molar-refractivity contribution is 6.11. The Hall–Kier alpha value is -6.84. The summed E-state index contributed by atoms with van der Waals surface area (Å²) in [5.41, 5.74) is 16.3. The van der Waals surface area contributed by atoms with Gasteiger partial charge in [-0.3, -0.25) is 0 Å². The van der Waals surface area contributed by atoms with E-state index in [0.717, 1.165) is 56.5 Å². The molecule has 1 aliphatic carbocycles. The lowest BCUT2D eigenvalue weighted by Gasteiger charge is -2.28. The summed E-state index contributed by atoms with van der Waals surface area (Å²) in [7, 11) is 0. The topological polar surface area (TPSA) is 21.3 Å². The van der Waals surface area contributed by atoms with Crippen LogP contribution in [0.3, 0.4) is 0 Å². The molecule has 0 unspecified atom stereocenters. The summed E-state index contributed by atoms with van der Waals surface area (Å²) in [5.74, 6) is 0. The minimum atomic E-state index is 0.0879. The molecule has 0 saturated carbocycles. The van der Waals surface area contributed by atoms with Gasteiger partial charge in [-0.25, -0.2) is 0 Å². The molecule has 0 fully saturated rings. The number of para-hydroxylation sites is 2. The number of anilines is 3. The van der Waals surface area contributed by atoms with Crippen molar-refractivity contribution >= 4 is 60.8 Å². The molecule has 0 amide bonds. The van der Waals surface area contributed by atoms with Gasteiger partial charge in [0.15, 0.2) is 0 Å². The molecule has 0 N–H and O–H groups in total. The average Bonchev–Trinajstić information content (AvgIpc) is 3.85. The van der Waals surface area contributed by atoms with Crippen LogP contribution >= 0.6 is 0 Å². The van der Waals surface area contributed by atoms with Crippen LogP contribution in [0.1, 0.15) is 45.2 Å². The quantitative estimate of drug-likeness (QED) is 0.169. The van der Waals surface area contributed by atoms with Crippen molar-refractivity contribution in [2.45, 2.75) is 44.9 Å². The zero-order valence-corrected chi connectivity index (χ0v) is 33.3. The Labute approximate surface area is 339 Å². The summed E-state index contributed by atoms with van der Waals surface area (Å²) < 4.78 is 9.01. The molecule has 58 heavy (non-hydrogen) atoms. The summed E-state index contributed by atoms with van der Waals surface area (Å²) in [6.07, 6.45) is 1.13. The van der Waals surface area contributed by atoms with Gasteiger partial charge in [-0.2, -0.15) is 0 Å². The Kier molecular flexibility index (Phi) is 7.62. The first-order valence-electron chi connectivity index (χ1n) is 20.4. The number of aromatic nitrogens is 1. The molecule has 11 rings (SSSR count). The van der Waals surface area contributed by atoms with E-state index in [1.54, 1.807) is 0 Å². The van der Waals surface area contributed by atoms with E-state index in [-0.39, 0.29) is 10.8 Å². The van der Waals surface area contributed by atoms with E-state index in [9.17, 15) is 0 Å². The van der Waals surface area contributed by atoms with Gasteiger partial charge in [0.05, 0.1) is 16.7 Å². The number of nitrogens with zero attached hydrogens (tertiary/aromatic N) is 2. The molecule has 0 bridgehead atoms. The van der Waals surface area contributed by atoms with E-state index >= 15 is 0 Å². The molecule has 1 aliphatic rings. The van der Waals surface area contributed by atoms with Crippen molar-refractivity contribution in [2.75, 3.05) is 4.90 Å². The zero-order valence-electron chi connectivity index (χ0n) is 33.3. The number of hydrogen-bond acceptors (Lipinski definition) is 2. The third-order valence-corrected chi connectivity index (χ3v) is 12.6. The van der Waals surface area contributed by atoms with Crippen LogP contribution < -0.4 is 4.90 Å². The second-order valence-corrected chi connectivity index (χ2v) is 17.3. The Morgan fingerprint density at radius 3 is 1.86 bits per heavy atom. The van der Waals surface area contributed by atoms with Gasteiger partial charge in [0.1, 0.15) is 11.2 Å². The number of benzene rings is 8. The molecule has 0 radical (unpaired) electrons. The third-order valence-electron chi connectivity index (χ3n) is 12.6. The number of furan rings is 1. The predicted octanol–water partition coefficient (Wildman–Crippen LogP) is 15.4. The zero-order chi connectivity index (χ0) is 39.2. The number of rotatable bonds is 6. The maximum absolute atomic E-state index is 6.53. The largest absolute Gasteiger partial charge is 0.456 e. The lowest BCUT2D eigenvalue weighted by Crippen LogP contribution is -2.18. The number of hydrogen-bond donors (Lipinski definition) is 0. The molecule has 0 saturated heterocycles. The molecular weight excluding hydrogens is 705 g/mol. The van der Waals surface area contributed by atoms with E-state index in [1.165, 1.54) is 49.7 Å². The minimum absolute atomic E-state index is 0.0879. The molecule has 2 heterocycles. The van der Waals surface area contributed by atoms with E-state index < -0.39 is 0 Å². The molecule has 280 valence electrons. The standard InChI is InChI=1S/C55H44N2O/c1-54(2)35-55(3,4)48-32-39(26-29-47(48)54)57-49-21-13-11-19-42(49)43-27-24-40(33-51(43)57)56(41-25-28-45-44-20-12-14-22-52(44)58-53(45)34-41)50-30-23-38(36-15-7-5-8-16-36)31-46(50)37-17-9-6-10-18-37/h5-34H,35H2,1-4H3. The minimum Gasteiger partial charge on any atom is -0.456 e. The molecular formula is C55H44N2O. The first-order chi connectivity index (χ1) is 28.2. The van der Waals surface area contributed by atoms with Crippen LogP contribution in [0.25, 0.3) is 71.7 Å². The van der Waals surface area contributed by atoms with Crippen molar-refractivity contribution in [1.82, 2.24) is 4.57 Å². The van der Waals surface area contributed by atoms with Crippen molar-refractivity contribution in [2.24, 2.45) is 0 Å². The van der Waals surface area contributed by atoms with E-state index in [1.807, 2.05) is 6.07 Å². The van der Waals surface area contributed by atoms with Crippen LogP contribution in [0.5, 0.6) is 0 Å². The summed E-state index contributed by atoms with van der Waals surface area (Å²) in [6.45, 7) is 9.58. The highest BCUT2D eigenvalue weighted by atomic mass is 16.3. The van der Waals surface area contributed by atoms with Crippen molar-refractivity contribution in [3.05, 3.63) is 193 Å². The Morgan fingerprint density at radius 1 is 0.448 bits per heavy atom. The predicted molar refractivity (Wildman–Crippen MR) is 244 cm³/mol. The Balaban J connectivity index is 1.18. The van der Waals surface area contributed by atoms with Gasteiger partial charge in [-0.05, 0) is 106 Å². The van der Waals surface area contributed by atoms with Gasteiger partial charge in [0.25, 0.3) is 0 Å². The first-order valence-corrected chi connectivity index (χ1v) is 20.4. The molecule has 3 nitrogen and oxygen atoms in total. The van der Waals surface area contributed by atoms with Crippen LogP contribution in [-0.4, -0.2) is 4.57 Å². The van der Waals surface area contributed by atoms with Gasteiger partial charge in [-0.1, -0.05) is 143 Å². The van der Waals surface area contributed by atoms with Crippen LogP contribution in [0.15, 0.2) is 186 Å². The molecule has 0 spiro atoms. The molecule has 10 aromatic rings. The molecule has 3 heteroatoms. The van der Waals surface area contributed by atoms with Crippen molar-refractivity contribution in [1.29, 1.82) is 0 Å². The monoisotopic (exact) mass is 748 g/mol. The molecule has 0 aliphatic heterocycles. The summed E-state index contributed by atoms with van der Waals surface area (Å²) >= 11 is 0. The van der Waals surface area contributed by atoms with Crippen LogP contribution in [0, 0.1) is 0 Å². The smallest absolute Gasteiger partial charge is 0.137 e. The second-order valence-electron chi connectivity index (χ2n) is 17.3. The lowest BCUT2D eigenvalue weighted by molar-refractivity contribution is 0.403. The SMILES string of the molecule is CC1(C)CC(C)(C)c2cc(-n3c4ccccc4c4ccc(N(c5ccc6c(c5)oc5ccccc56)c5ccc(-c6ccccc6)cc5-c5ccccc5)cc43)ccc21. The van der Waals surface area contributed by atoms with Crippen LogP contribution in [0.4, 0.5) is 17.1 Å². The van der Waals surface area contributed by atoms with Gasteiger partial charge >= 0.3 is 0 Å². The van der Waals surface area contributed by atoms with Crippen molar-refractivity contribution in [3.8, 4) is 27.9 Å². The van der Waals surface area contributed by atoms with Crippen molar-refractivity contribution < 1.29 is 4.42 Å². The van der Waals surface area contributed by atoms with E-state index in [0.29, 0.717) is 0 Å². The fourth-order valence-electron chi connectivity index (χ4n) is 10.2. The summed E-state index contributed by atoms with van der Waals surface area (Å²) in [6, 6.07) is 66.3. The van der Waals surface area contributed by atoms with Crippen LogP contribution in [0.2, 0.25) is 0 Å². The highest BCUT2D eigenvalue weighted by Gasteiger charge is 2.42. The van der Waals surface area contributed by atoms with Crippen LogP contribution in [-0.2, 0) is 10.8 Å². The van der Waals surface area contributed by atoms with E-state index in [4.69, 9.17) is 4.42 Å². The molecule has 0 atom stereocenters. The Bertz CT molecular complexity index is 3200. The average molecular weight is 749 g/mol. The maximum atomic E-state index is 6.53. The molecule has 2 aromatic heterocycles. The van der Waals surface area contributed by atoms with Gasteiger partial charge in [-0.15, -0.1) is 0 Å². The summed E-state index contributed by atoms with van der Waals surface area (Å²) in [4.78, 5) is 2.42.